The standard InChI is InChI=1S/C12H13FN4/c13-10-4-2-1-3-9(10)5-6-15-12-8-16-11(14)7-17-12/h1-4,7-8H,5-6H2,(H2,14,16)(H,15,17). The molecule has 0 spiro atoms. The van der Waals surface area contributed by atoms with Crippen molar-refractivity contribution in [3.63, 3.8) is 0 Å². The second-order valence-electron chi connectivity index (χ2n) is 3.59. The summed E-state index contributed by atoms with van der Waals surface area (Å²) < 4.78 is 13.3. The topological polar surface area (TPSA) is 63.8 Å². The Morgan fingerprint density at radius 3 is 2.71 bits per heavy atom. The van der Waals surface area contributed by atoms with Crippen LogP contribution in [-0.2, 0) is 6.42 Å². The molecule has 1 aromatic heterocycles. The number of aromatic nitrogens is 2. The lowest BCUT2D eigenvalue weighted by atomic mass is 10.1. The first-order valence-electron chi connectivity index (χ1n) is 5.30. The Morgan fingerprint density at radius 1 is 1.18 bits per heavy atom. The quantitative estimate of drug-likeness (QED) is 0.844. The summed E-state index contributed by atoms with van der Waals surface area (Å²) in [6.07, 6.45) is 3.63. The smallest absolute Gasteiger partial charge is 0.144 e. The summed E-state index contributed by atoms with van der Waals surface area (Å²) in [4.78, 5) is 7.94. The van der Waals surface area contributed by atoms with Crippen LogP contribution in [0.1, 0.15) is 5.56 Å². The maximum Gasteiger partial charge on any atom is 0.144 e. The monoisotopic (exact) mass is 232 g/mol. The number of nitrogens with one attached hydrogen (secondary N) is 1. The third-order valence-electron chi connectivity index (χ3n) is 2.33. The van der Waals surface area contributed by atoms with E-state index in [0.29, 0.717) is 30.2 Å². The van der Waals surface area contributed by atoms with Gasteiger partial charge < -0.3 is 11.1 Å². The predicted molar refractivity (Wildman–Crippen MR) is 65.0 cm³/mol. The zero-order valence-electron chi connectivity index (χ0n) is 9.23. The van der Waals surface area contributed by atoms with Gasteiger partial charge in [0.25, 0.3) is 0 Å². The minimum atomic E-state index is -0.183. The largest absolute Gasteiger partial charge is 0.382 e. The van der Waals surface area contributed by atoms with E-state index in [2.05, 4.69) is 15.3 Å². The molecular formula is C12H13FN4. The lowest BCUT2D eigenvalue weighted by Gasteiger charge is -2.05. The molecule has 2 rings (SSSR count). The number of nitrogens with zero attached hydrogens (tertiary/aromatic N) is 2. The van der Waals surface area contributed by atoms with Gasteiger partial charge in [-0.1, -0.05) is 18.2 Å². The molecule has 0 aliphatic heterocycles. The SMILES string of the molecule is Nc1cnc(NCCc2ccccc2F)cn1. The Hall–Kier alpha value is -2.17. The zero-order valence-corrected chi connectivity index (χ0v) is 9.23. The normalized spacial score (nSPS) is 10.2. The third kappa shape index (κ3) is 3.14. The van der Waals surface area contributed by atoms with Gasteiger partial charge in [-0.15, -0.1) is 0 Å². The Labute approximate surface area is 98.7 Å². The van der Waals surface area contributed by atoms with Crippen LogP contribution in [-0.4, -0.2) is 16.5 Å². The maximum atomic E-state index is 13.3. The lowest BCUT2D eigenvalue weighted by Crippen LogP contribution is -2.08. The molecule has 1 aromatic carbocycles. The highest BCUT2D eigenvalue weighted by molar-refractivity contribution is 5.36. The average Bonchev–Trinajstić information content (AvgIpc) is 2.34. The highest BCUT2D eigenvalue weighted by atomic mass is 19.1. The summed E-state index contributed by atoms with van der Waals surface area (Å²) in [6, 6.07) is 6.73. The average molecular weight is 232 g/mol. The van der Waals surface area contributed by atoms with E-state index >= 15 is 0 Å². The number of hydrogen-bond acceptors (Lipinski definition) is 4. The first-order valence-corrected chi connectivity index (χ1v) is 5.30. The third-order valence-corrected chi connectivity index (χ3v) is 2.33. The molecular weight excluding hydrogens is 219 g/mol. The van der Waals surface area contributed by atoms with Gasteiger partial charge in [-0.05, 0) is 18.1 Å². The number of benzene rings is 1. The maximum absolute atomic E-state index is 13.3. The fraction of sp³-hybridized carbons (Fsp3) is 0.167. The van der Waals surface area contributed by atoms with Crippen LogP contribution in [0, 0.1) is 5.82 Å². The Balaban J connectivity index is 1.88. The fourth-order valence-electron chi connectivity index (χ4n) is 1.46. The minimum Gasteiger partial charge on any atom is -0.382 e. The van der Waals surface area contributed by atoms with Gasteiger partial charge in [0.15, 0.2) is 0 Å². The highest BCUT2D eigenvalue weighted by Gasteiger charge is 2.00. The molecule has 88 valence electrons. The van der Waals surface area contributed by atoms with Crippen LogP contribution in [0.25, 0.3) is 0 Å². The van der Waals surface area contributed by atoms with E-state index in [0.717, 1.165) is 0 Å². The lowest BCUT2D eigenvalue weighted by molar-refractivity contribution is 0.610. The molecule has 0 radical (unpaired) electrons. The van der Waals surface area contributed by atoms with Gasteiger partial charge >= 0.3 is 0 Å². The molecule has 1 heterocycles. The molecule has 0 aliphatic carbocycles. The Bertz CT molecular complexity index is 484. The van der Waals surface area contributed by atoms with Crippen LogP contribution in [0.3, 0.4) is 0 Å². The van der Waals surface area contributed by atoms with Gasteiger partial charge in [0.05, 0.1) is 12.4 Å². The molecule has 3 N–H and O–H groups in total. The second kappa shape index (κ2) is 5.25. The van der Waals surface area contributed by atoms with Gasteiger partial charge in [0.1, 0.15) is 17.5 Å². The highest BCUT2D eigenvalue weighted by Crippen LogP contribution is 2.08. The number of halogens is 1. The van der Waals surface area contributed by atoms with Crippen molar-refractivity contribution in [1.29, 1.82) is 0 Å². The number of nitrogens with two attached hydrogens (primary N) is 1. The Kier molecular flexibility index (Phi) is 3.49. The molecule has 0 saturated heterocycles. The predicted octanol–water partition coefficient (Wildman–Crippen LogP) is 1.85. The van der Waals surface area contributed by atoms with Gasteiger partial charge in [-0.3, -0.25) is 0 Å². The number of nitrogen functional groups attached to an aromatic ring is 1. The van der Waals surface area contributed by atoms with Crippen LogP contribution < -0.4 is 11.1 Å². The summed E-state index contributed by atoms with van der Waals surface area (Å²) >= 11 is 0. The molecule has 0 fully saturated rings. The van der Waals surface area contributed by atoms with Crippen molar-refractivity contribution in [2.24, 2.45) is 0 Å². The number of anilines is 2. The van der Waals surface area contributed by atoms with Crippen molar-refractivity contribution in [3.05, 3.63) is 48.0 Å². The second-order valence-corrected chi connectivity index (χ2v) is 3.59. The Morgan fingerprint density at radius 2 is 2.00 bits per heavy atom. The van der Waals surface area contributed by atoms with Crippen LogP contribution >= 0.6 is 0 Å². The van der Waals surface area contributed by atoms with E-state index in [1.807, 2.05) is 6.07 Å². The summed E-state index contributed by atoms with van der Waals surface area (Å²) in [5.41, 5.74) is 6.10. The van der Waals surface area contributed by atoms with Crippen molar-refractivity contribution >= 4 is 11.6 Å². The molecule has 0 amide bonds. The van der Waals surface area contributed by atoms with E-state index in [4.69, 9.17) is 5.73 Å². The molecule has 0 atom stereocenters. The van der Waals surface area contributed by atoms with E-state index < -0.39 is 0 Å². The minimum absolute atomic E-state index is 0.183. The van der Waals surface area contributed by atoms with Crippen molar-refractivity contribution in [3.8, 4) is 0 Å². The van der Waals surface area contributed by atoms with Crippen LogP contribution in [0.4, 0.5) is 16.0 Å². The first kappa shape index (κ1) is 11.3. The van der Waals surface area contributed by atoms with Crippen molar-refractivity contribution < 1.29 is 4.39 Å². The van der Waals surface area contributed by atoms with E-state index in [1.54, 1.807) is 18.3 Å². The molecule has 5 heteroatoms. The molecule has 17 heavy (non-hydrogen) atoms. The number of hydrogen-bond donors (Lipinski definition) is 2. The molecule has 2 aromatic rings. The fourth-order valence-corrected chi connectivity index (χ4v) is 1.46. The summed E-state index contributed by atoms with van der Waals surface area (Å²) in [5, 5.41) is 3.05. The number of rotatable bonds is 4. The molecule has 0 saturated carbocycles. The summed E-state index contributed by atoms with van der Waals surface area (Å²) in [7, 11) is 0. The van der Waals surface area contributed by atoms with Gasteiger partial charge in [0, 0.05) is 6.54 Å². The zero-order chi connectivity index (χ0) is 12.1. The van der Waals surface area contributed by atoms with Crippen molar-refractivity contribution in [1.82, 2.24) is 9.97 Å². The molecule has 0 aliphatic rings. The van der Waals surface area contributed by atoms with Gasteiger partial charge in [-0.25, -0.2) is 14.4 Å². The van der Waals surface area contributed by atoms with Crippen molar-refractivity contribution in [2.45, 2.75) is 6.42 Å². The van der Waals surface area contributed by atoms with Gasteiger partial charge in [-0.2, -0.15) is 0 Å². The first-order chi connectivity index (χ1) is 8.25. The summed E-state index contributed by atoms with van der Waals surface area (Å²) in [6.45, 7) is 0.597. The van der Waals surface area contributed by atoms with E-state index in [9.17, 15) is 4.39 Å². The molecule has 0 unspecified atom stereocenters. The van der Waals surface area contributed by atoms with Gasteiger partial charge in [0.2, 0.25) is 0 Å². The van der Waals surface area contributed by atoms with Crippen LogP contribution in [0.15, 0.2) is 36.7 Å². The molecule has 4 nitrogen and oxygen atoms in total. The van der Waals surface area contributed by atoms with E-state index in [1.165, 1.54) is 12.3 Å². The van der Waals surface area contributed by atoms with Crippen LogP contribution in [0.2, 0.25) is 0 Å². The van der Waals surface area contributed by atoms with Crippen LogP contribution in [0.5, 0.6) is 0 Å². The molecule has 0 bridgehead atoms. The van der Waals surface area contributed by atoms with Crippen molar-refractivity contribution in [2.75, 3.05) is 17.6 Å². The van der Waals surface area contributed by atoms with E-state index in [-0.39, 0.29) is 5.82 Å². The summed E-state index contributed by atoms with van der Waals surface area (Å²) in [5.74, 6) is 0.831.